The van der Waals surface area contributed by atoms with Gasteiger partial charge >= 0.3 is 0 Å². The van der Waals surface area contributed by atoms with Crippen molar-refractivity contribution in [3.63, 3.8) is 0 Å². The molecule has 25 heavy (non-hydrogen) atoms. The van der Waals surface area contributed by atoms with Gasteiger partial charge in [-0.15, -0.1) is 23.7 Å². The number of nitrogens with one attached hydrogen (secondary N) is 1. The maximum atomic E-state index is 5.46. The third kappa shape index (κ3) is 4.78. The van der Waals surface area contributed by atoms with E-state index in [1.54, 1.807) is 11.3 Å². The summed E-state index contributed by atoms with van der Waals surface area (Å²) in [6.45, 7) is 4.70. The number of benzene rings is 1. The van der Waals surface area contributed by atoms with Crippen LogP contribution < -0.4 is 10.1 Å². The second-order valence-corrected chi connectivity index (χ2v) is 6.26. The van der Waals surface area contributed by atoms with Gasteiger partial charge in [0.25, 0.3) is 5.89 Å². The van der Waals surface area contributed by atoms with Crippen LogP contribution in [0, 0.1) is 0 Å². The van der Waals surface area contributed by atoms with E-state index in [0.29, 0.717) is 30.1 Å². The molecule has 0 aliphatic carbocycles. The third-order valence-electron chi connectivity index (χ3n) is 3.59. The number of nitrogens with zero attached hydrogens (tertiary/aromatic N) is 3. The van der Waals surface area contributed by atoms with Crippen LogP contribution >= 0.6 is 23.7 Å². The Hall–Kier alpha value is -1.96. The molecule has 0 radical (unpaired) electrons. The van der Waals surface area contributed by atoms with Crippen molar-refractivity contribution in [2.24, 2.45) is 0 Å². The van der Waals surface area contributed by atoms with Gasteiger partial charge in [-0.2, -0.15) is 4.98 Å². The summed E-state index contributed by atoms with van der Waals surface area (Å²) in [5.74, 6) is 2.00. The largest absolute Gasteiger partial charge is 0.494 e. The van der Waals surface area contributed by atoms with Crippen molar-refractivity contribution >= 4 is 23.7 Å². The summed E-state index contributed by atoms with van der Waals surface area (Å²) in [6, 6.07) is 8.20. The average molecular weight is 381 g/mol. The minimum Gasteiger partial charge on any atom is -0.494 e. The molecule has 0 bridgehead atoms. The van der Waals surface area contributed by atoms with Crippen molar-refractivity contribution in [1.29, 1.82) is 0 Å². The van der Waals surface area contributed by atoms with E-state index in [1.165, 1.54) is 0 Å². The average Bonchev–Trinajstić information content (AvgIpc) is 3.25. The molecule has 1 N–H and O–H groups in total. The number of likely N-dealkylation sites (N-methyl/N-ethyl adjacent to an activating group) is 1. The maximum Gasteiger partial charge on any atom is 0.277 e. The third-order valence-corrected chi connectivity index (χ3v) is 4.48. The Kier molecular flexibility index (Phi) is 6.92. The topological polar surface area (TPSA) is 73.1 Å². The number of hydrogen-bond acceptors (Lipinski definition) is 7. The number of halogens is 1. The highest BCUT2D eigenvalue weighted by Crippen LogP contribution is 2.29. The molecule has 1 atom stereocenters. The van der Waals surface area contributed by atoms with Gasteiger partial charge in [0.1, 0.15) is 16.5 Å². The number of ether oxygens (including phenoxy) is 1. The van der Waals surface area contributed by atoms with Gasteiger partial charge in [0, 0.05) is 23.4 Å². The lowest BCUT2D eigenvalue weighted by molar-refractivity contribution is 0.340. The summed E-state index contributed by atoms with van der Waals surface area (Å²) >= 11 is 1.55. The molecule has 0 saturated carbocycles. The molecule has 8 heteroatoms. The van der Waals surface area contributed by atoms with E-state index in [4.69, 9.17) is 9.26 Å². The number of hydrogen-bond donors (Lipinski definition) is 1. The van der Waals surface area contributed by atoms with E-state index in [-0.39, 0.29) is 12.4 Å². The van der Waals surface area contributed by atoms with E-state index in [0.717, 1.165) is 22.7 Å². The number of aromatic nitrogens is 3. The van der Waals surface area contributed by atoms with Crippen molar-refractivity contribution in [3.05, 3.63) is 35.5 Å². The molecule has 134 valence electrons. The minimum absolute atomic E-state index is 0. The molecule has 0 saturated heterocycles. The van der Waals surface area contributed by atoms with E-state index < -0.39 is 0 Å². The number of thiazole rings is 1. The van der Waals surface area contributed by atoms with Crippen LogP contribution in [0.3, 0.4) is 0 Å². The SMILES string of the molecule is CCOc1ccc(-c2nc(-c3nc(CC(C)NC)no3)cs2)cc1.Cl. The zero-order chi connectivity index (χ0) is 16.9. The van der Waals surface area contributed by atoms with Crippen LogP contribution in [0.4, 0.5) is 0 Å². The number of rotatable bonds is 7. The van der Waals surface area contributed by atoms with Gasteiger partial charge in [-0.1, -0.05) is 5.16 Å². The Morgan fingerprint density at radius 1 is 1.24 bits per heavy atom. The second-order valence-electron chi connectivity index (χ2n) is 5.40. The van der Waals surface area contributed by atoms with Crippen LogP contribution in [0.25, 0.3) is 22.2 Å². The molecule has 1 aromatic carbocycles. The van der Waals surface area contributed by atoms with Crippen molar-refractivity contribution in [3.8, 4) is 27.9 Å². The molecule has 0 aliphatic heterocycles. The van der Waals surface area contributed by atoms with E-state index in [9.17, 15) is 0 Å². The fourth-order valence-corrected chi connectivity index (χ4v) is 2.98. The summed E-state index contributed by atoms with van der Waals surface area (Å²) in [5, 5.41) is 10.0. The summed E-state index contributed by atoms with van der Waals surface area (Å²) < 4.78 is 10.8. The van der Waals surface area contributed by atoms with Gasteiger partial charge in [-0.05, 0) is 45.2 Å². The molecule has 0 aliphatic rings. The first-order valence-electron chi connectivity index (χ1n) is 7.88. The Morgan fingerprint density at radius 3 is 2.68 bits per heavy atom. The van der Waals surface area contributed by atoms with Gasteiger partial charge in [0.05, 0.1) is 6.61 Å². The molecule has 0 amide bonds. The molecule has 6 nitrogen and oxygen atoms in total. The molecule has 0 fully saturated rings. The minimum atomic E-state index is 0. The Labute approximate surface area is 157 Å². The Morgan fingerprint density at radius 2 is 2.00 bits per heavy atom. The van der Waals surface area contributed by atoms with Crippen LogP contribution in [0.1, 0.15) is 19.7 Å². The lowest BCUT2D eigenvalue weighted by atomic mass is 10.2. The zero-order valence-electron chi connectivity index (χ0n) is 14.4. The quantitative estimate of drug-likeness (QED) is 0.671. The molecule has 2 aromatic heterocycles. The molecular formula is C17H21ClN4O2S. The first-order chi connectivity index (χ1) is 11.7. The Balaban J connectivity index is 0.00000225. The molecule has 2 heterocycles. The molecule has 0 spiro atoms. The second kappa shape index (κ2) is 8.94. The lowest BCUT2D eigenvalue weighted by Crippen LogP contribution is -2.24. The summed E-state index contributed by atoms with van der Waals surface area (Å²) in [7, 11) is 1.91. The van der Waals surface area contributed by atoms with Crippen molar-refractivity contribution in [1.82, 2.24) is 20.4 Å². The monoisotopic (exact) mass is 380 g/mol. The van der Waals surface area contributed by atoms with Crippen LogP contribution in [0.2, 0.25) is 0 Å². The summed E-state index contributed by atoms with van der Waals surface area (Å²) in [4.78, 5) is 9.03. The van der Waals surface area contributed by atoms with Gasteiger partial charge in [-0.3, -0.25) is 0 Å². The van der Waals surface area contributed by atoms with Crippen molar-refractivity contribution in [2.45, 2.75) is 26.3 Å². The van der Waals surface area contributed by atoms with Crippen LogP contribution in [0.15, 0.2) is 34.2 Å². The van der Waals surface area contributed by atoms with Gasteiger partial charge in [0.15, 0.2) is 5.82 Å². The Bertz CT molecular complexity index is 788. The first-order valence-corrected chi connectivity index (χ1v) is 8.76. The van der Waals surface area contributed by atoms with Crippen molar-refractivity contribution in [2.75, 3.05) is 13.7 Å². The van der Waals surface area contributed by atoms with E-state index in [2.05, 4.69) is 27.4 Å². The highest BCUT2D eigenvalue weighted by atomic mass is 35.5. The molecular weight excluding hydrogens is 360 g/mol. The predicted molar refractivity (Wildman–Crippen MR) is 101 cm³/mol. The highest BCUT2D eigenvalue weighted by molar-refractivity contribution is 7.13. The highest BCUT2D eigenvalue weighted by Gasteiger charge is 2.14. The van der Waals surface area contributed by atoms with Crippen LogP contribution in [-0.4, -0.2) is 34.8 Å². The van der Waals surface area contributed by atoms with Gasteiger partial charge in [0.2, 0.25) is 0 Å². The fraction of sp³-hybridized carbons (Fsp3) is 0.353. The van der Waals surface area contributed by atoms with Gasteiger partial charge in [-0.25, -0.2) is 4.98 Å². The first kappa shape index (κ1) is 19.4. The standard InChI is InChI=1S/C17H20N4O2S.ClH/c1-4-22-13-7-5-12(6-8-13)17-19-14(10-24-17)16-20-15(21-23-16)9-11(2)18-3;/h5-8,10-11,18H,4,9H2,1-3H3;1H. The van der Waals surface area contributed by atoms with Gasteiger partial charge < -0.3 is 14.6 Å². The maximum absolute atomic E-state index is 5.46. The van der Waals surface area contributed by atoms with Crippen molar-refractivity contribution < 1.29 is 9.26 Å². The molecule has 1 unspecified atom stereocenters. The van der Waals surface area contributed by atoms with Crippen LogP contribution in [0.5, 0.6) is 5.75 Å². The van der Waals surface area contributed by atoms with E-state index >= 15 is 0 Å². The molecule has 3 rings (SSSR count). The fourth-order valence-electron chi connectivity index (χ4n) is 2.18. The van der Waals surface area contributed by atoms with Crippen LogP contribution in [-0.2, 0) is 6.42 Å². The smallest absolute Gasteiger partial charge is 0.277 e. The lowest BCUT2D eigenvalue weighted by Gasteiger charge is -2.04. The van der Waals surface area contributed by atoms with E-state index in [1.807, 2.05) is 43.6 Å². The summed E-state index contributed by atoms with van der Waals surface area (Å²) in [5.41, 5.74) is 1.75. The molecule has 3 aromatic rings. The summed E-state index contributed by atoms with van der Waals surface area (Å²) in [6.07, 6.45) is 0.718. The normalized spacial score (nSPS) is 11.8. The zero-order valence-corrected chi connectivity index (χ0v) is 16.0. The predicted octanol–water partition coefficient (Wildman–Crippen LogP) is 3.83.